The molecule has 0 saturated carbocycles. The summed E-state index contributed by atoms with van der Waals surface area (Å²) < 4.78 is 5.00. The number of hydrogen-bond donors (Lipinski definition) is 0. The second-order valence-electron chi connectivity index (χ2n) is 4.43. The number of fused-ring (bicyclic) bond motifs is 1. The molecule has 1 aliphatic rings. The summed E-state index contributed by atoms with van der Waals surface area (Å²) in [6.07, 6.45) is 1.67. The Labute approximate surface area is 121 Å². The second kappa shape index (κ2) is 6.05. The maximum atomic E-state index is 11.9. The van der Waals surface area contributed by atoms with Crippen LogP contribution in [0.15, 0.2) is 18.2 Å². The topological polar surface area (TPSA) is 63.7 Å². The number of benzene rings is 1. The number of para-hydroxylation sites is 1. The molecule has 5 nitrogen and oxygen atoms in total. The summed E-state index contributed by atoms with van der Waals surface area (Å²) in [4.78, 5) is 36.4. The Morgan fingerprint density at radius 1 is 1.35 bits per heavy atom. The van der Waals surface area contributed by atoms with Crippen LogP contribution in [0.3, 0.4) is 0 Å². The number of carbonyl (C=O) groups excluding carboxylic acids is 3. The van der Waals surface area contributed by atoms with Crippen molar-refractivity contribution in [2.45, 2.75) is 19.8 Å². The van der Waals surface area contributed by atoms with Gasteiger partial charge in [0.05, 0.1) is 22.9 Å². The van der Waals surface area contributed by atoms with Crippen molar-refractivity contribution in [3.8, 4) is 0 Å². The number of amides is 1. The number of hydrogen-bond acceptors (Lipinski definition) is 4. The van der Waals surface area contributed by atoms with Crippen LogP contribution in [0.4, 0.5) is 5.69 Å². The minimum atomic E-state index is -0.749. The zero-order valence-electron chi connectivity index (χ0n) is 11.0. The Kier molecular flexibility index (Phi) is 4.39. The van der Waals surface area contributed by atoms with Crippen LogP contribution in [0, 0.1) is 0 Å². The zero-order chi connectivity index (χ0) is 14.7. The SMILES string of the molecule is CCCCOC(=O)CN1C(=O)C(=O)c2cccc(Cl)c21. The molecule has 1 aromatic carbocycles. The highest BCUT2D eigenvalue weighted by Crippen LogP contribution is 2.35. The summed E-state index contributed by atoms with van der Waals surface area (Å²) >= 11 is 6.01. The van der Waals surface area contributed by atoms with Gasteiger partial charge in [-0.25, -0.2) is 0 Å². The number of Topliss-reactive ketones (excluding diaryl/α,β-unsaturated/α-hetero) is 1. The number of rotatable bonds is 5. The van der Waals surface area contributed by atoms with E-state index in [1.54, 1.807) is 12.1 Å². The molecule has 20 heavy (non-hydrogen) atoms. The third kappa shape index (κ3) is 2.67. The summed E-state index contributed by atoms with van der Waals surface area (Å²) in [5.41, 5.74) is 0.514. The number of ketones is 1. The third-order valence-corrected chi connectivity index (χ3v) is 3.29. The van der Waals surface area contributed by atoms with Gasteiger partial charge in [0.2, 0.25) is 0 Å². The van der Waals surface area contributed by atoms with Crippen molar-refractivity contribution < 1.29 is 19.1 Å². The van der Waals surface area contributed by atoms with E-state index in [1.807, 2.05) is 6.92 Å². The van der Waals surface area contributed by atoms with Gasteiger partial charge in [0.1, 0.15) is 6.54 Å². The van der Waals surface area contributed by atoms with Gasteiger partial charge in [-0.15, -0.1) is 0 Å². The highest BCUT2D eigenvalue weighted by Gasteiger charge is 2.38. The van der Waals surface area contributed by atoms with Crippen LogP contribution in [-0.2, 0) is 14.3 Å². The van der Waals surface area contributed by atoms with Gasteiger partial charge in [0.25, 0.3) is 11.7 Å². The van der Waals surface area contributed by atoms with Crippen molar-refractivity contribution in [1.82, 2.24) is 0 Å². The molecular weight excluding hydrogens is 282 g/mol. The maximum Gasteiger partial charge on any atom is 0.326 e. The van der Waals surface area contributed by atoms with Crippen molar-refractivity contribution >= 4 is 34.9 Å². The molecule has 0 radical (unpaired) electrons. The van der Waals surface area contributed by atoms with Gasteiger partial charge < -0.3 is 4.74 Å². The lowest BCUT2D eigenvalue weighted by Crippen LogP contribution is -2.35. The first-order valence-corrected chi connectivity index (χ1v) is 6.74. The van der Waals surface area contributed by atoms with Crippen LogP contribution < -0.4 is 4.90 Å². The van der Waals surface area contributed by atoms with Crippen LogP contribution >= 0.6 is 11.6 Å². The van der Waals surface area contributed by atoms with Crippen molar-refractivity contribution in [2.24, 2.45) is 0 Å². The summed E-state index contributed by atoms with van der Waals surface area (Å²) in [5, 5.41) is 0.267. The van der Waals surface area contributed by atoms with Gasteiger partial charge in [-0.3, -0.25) is 19.3 Å². The number of esters is 1. The number of carbonyl (C=O) groups is 3. The molecule has 6 heteroatoms. The van der Waals surface area contributed by atoms with Gasteiger partial charge in [0.15, 0.2) is 0 Å². The molecule has 1 aliphatic heterocycles. The lowest BCUT2D eigenvalue weighted by Gasteiger charge is -2.16. The van der Waals surface area contributed by atoms with E-state index in [0.717, 1.165) is 17.7 Å². The van der Waals surface area contributed by atoms with E-state index in [-0.39, 0.29) is 22.8 Å². The first kappa shape index (κ1) is 14.5. The van der Waals surface area contributed by atoms with E-state index in [1.165, 1.54) is 6.07 Å². The number of halogens is 1. The van der Waals surface area contributed by atoms with Crippen LogP contribution in [0.2, 0.25) is 5.02 Å². The smallest absolute Gasteiger partial charge is 0.326 e. The predicted molar refractivity (Wildman–Crippen MR) is 74.0 cm³/mol. The molecule has 1 aromatic rings. The highest BCUT2D eigenvalue weighted by molar-refractivity contribution is 6.54. The van der Waals surface area contributed by atoms with E-state index >= 15 is 0 Å². The molecule has 0 aliphatic carbocycles. The molecule has 0 aromatic heterocycles. The summed E-state index contributed by atoms with van der Waals surface area (Å²) in [5.74, 6) is -1.95. The Hall–Kier alpha value is -1.88. The fourth-order valence-corrected chi connectivity index (χ4v) is 2.24. The third-order valence-electron chi connectivity index (χ3n) is 2.99. The average Bonchev–Trinajstić information content (AvgIpc) is 2.66. The number of ether oxygens (including phenoxy) is 1. The quantitative estimate of drug-likeness (QED) is 0.475. The standard InChI is InChI=1S/C14H14ClNO4/c1-2-3-7-20-11(17)8-16-12-9(13(18)14(16)19)5-4-6-10(12)15/h4-6H,2-3,7-8H2,1H3. The fourth-order valence-electron chi connectivity index (χ4n) is 1.97. The van der Waals surface area contributed by atoms with E-state index in [4.69, 9.17) is 16.3 Å². The maximum absolute atomic E-state index is 11.9. The monoisotopic (exact) mass is 295 g/mol. The van der Waals surface area contributed by atoms with Gasteiger partial charge in [0, 0.05) is 0 Å². The number of unbranched alkanes of at least 4 members (excludes halogenated alkanes) is 1. The van der Waals surface area contributed by atoms with Crippen molar-refractivity contribution in [2.75, 3.05) is 18.1 Å². The van der Waals surface area contributed by atoms with Crippen LogP contribution in [-0.4, -0.2) is 30.8 Å². The molecule has 0 spiro atoms. The summed E-state index contributed by atoms with van der Waals surface area (Å²) in [6, 6.07) is 4.68. The van der Waals surface area contributed by atoms with E-state index in [0.29, 0.717) is 6.61 Å². The van der Waals surface area contributed by atoms with Gasteiger partial charge in [-0.2, -0.15) is 0 Å². The summed E-state index contributed by atoms with van der Waals surface area (Å²) in [7, 11) is 0. The fraction of sp³-hybridized carbons (Fsp3) is 0.357. The first-order valence-electron chi connectivity index (χ1n) is 6.36. The van der Waals surface area contributed by atoms with Gasteiger partial charge in [-0.1, -0.05) is 31.0 Å². The molecule has 1 amide bonds. The molecule has 0 unspecified atom stereocenters. The molecule has 0 saturated heterocycles. The van der Waals surface area contributed by atoms with Crippen LogP contribution in [0.1, 0.15) is 30.1 Å². The molecule has 0 bridgehead atoms. The lowest BCUT2D eigenvalue weighted by atomic mass is 10.1. The molecule has 0 N–H and O–H groups in total. The Balaban J connectivity index is 2.16. The molecule has 1 heterocycles. The Morgan fingerprint density at radius 2 is 2.10 bits per heavy atom. The van der Waals surface area contributed by atoms with Crippen molar-refractivity contribution in [3.63, 3.8) is 0 Å². The largest absolute Gasteiger partial charge is 0.464 e. The predicted octanol–water partition coefficient (Wildman–Crippen LogP) is 2.21. The normalized spacial score (nSPS) is 13.6. The highest BCUT2D eigenvalue weighted by atomic mass is 35.5. The molecule has 0 atom stereocenters. The molecule has 2 rings (SSSR count). The summed E-state index contributed by atoms with van der Waals surface area (Å²) in [6.45, 7) is 1.98. The van der Waals surface area contributed by atoms with E-state index < -0.39 is 17.7 Å². The van der Waals surface area contributed by atoms with Crippen LogP contribution in [0.5, 0.6) is 0 Å². The van der Waals surface area contributed by atoms with E-state index in [2.05, 4.69) is 0 Å². The Morgan fingerprint density at radius 3 is 2.80 bits per heavy atom. The number of nitrogens with zero attached hydrogens (tertiary/aromatic N) is 1. The number of anilines is 1. The van der Waals surface area contributed by atoms with Crippen molar-refractivity contribution in [3.05, 3.63) is 28.8 Å². The first-order chi connectivity index (χ1) is 9.56. The minimum Gasteiger partial charge on any atom is -0.464 e. The molecule has 106 valence electrons. The molecule has 0 fully saturated rings. The zero-order valence-corrected chi connectivity index (χ0v) is 11.8. The van der Waals surface area contributed by atoms with E-state index in [9.17, 15) is 14.4 Å². The van der Waals surface area contributed by atoms with Gasteiger partial charge >= 0.3 is 5.97 Å². The van der Waals surface area contributed by atoms with Gasteiger partial charge in [-0.05, 0) is 18.6 Å². The second-order valence-corrected chi connectivity index (χ2v) is 4.84. The minimum absolute atomic E-state index is 0.226. The van der Waals surface area contributed by atoms with Crippen LogP contribution in [0.25, 0.3) is 0 Å². The average molecular weight is 296 g/mol. The Bertz CT molecular complexity index is 570. The molecular formula is C14H14ClNO4. The lowest BCUT2D eigenvalue weighted by molar-refractivity contribution is -0.142. The van der Waals surface area contributed by atoms with Crippen molar-refractivity contribution in [1.29, 1.82) is 0 Å².